The molecule has 0 spiro atoms. The number of H-pyrrole nitrogens is 1. The summed E-state index contributed by atoms with van der Waals surface area (Å²) in [6.45, 7) is 2.22. The summed E-state index contributed by atoms with van der Waals surface area (Å²) in [5.41, 5.74) is 4.93. The molecule has 4 aliphatic rings. The summed E-state index contributed by atoms with van der Waals surface area (Å²) in [6.07, 6.45) is 0.311. The maximum atomic E-state index is 15.5. The predicted molar refractivity (Wildman–Crippen MR) is 107 cm³/mol. The quantitative estimate of drug-likeness (QED) is 0.649. The lowest BCUT2D eigenvalue weighted by Gasteiger charge is -2.38. The molecular formula is C21H27F3N4O3. The third-order valence-corrected chi connectivity index (χ3v) is 7.62. The first-order chi connectivity index (χ1) is 14.6. The number of halogens is 3. The molecule has 2 heterocycles. The molecule has 1 aromatic heterocycles. The van der Waals surface area contributed by atoms with Crippen molar-refractivity contribution in [2.24, 2.45) is 17.6 Å². The molecule has 1 aromatic rings. The van der Waals surface area contributed by atoms with Crippen LogP contribution >= 0.6 is 0 Å². The summed E-state index contributed by atoms with van der Waals surface area (Å²) >= 11 is 0. The Balaban J connectivity index is 1.56. The highest BCUT2D eigenvalue weighted by Gasteiger charge is 2.53. The van der Waals surface area contributed by atoms with Gasteiger partial charge in [0.1, 0.15) is 11.9 Å². The van der Waals surface area contributed by atoms with Gasteiger partial charge in [0.15, 0.2) is 0 Å². The van der Waals surface area contributed by atoms with Gasteiger partial charge in [-0.05, 0) is 31.6 Å². The summed E-state index contributed by atoms with van der Waals surface area (Å²) in [6, 6.07) is -0.924. The second-order valence-corrected chi connectivity index (χ2v) is 9.59. The molecule has 0 radical (unpaired) electrons. The number of alkyl halides is 2. The molecule has 3 aliphatic carbocycles. The summed E-state index contributed by atoms with van der Waals surface area (Å²) in [7, 11) is 0. The number of aromatic amines is 1. The monoisotopic (exact) mass is 440 g/mol. The molecule has 5 rings (SSSR count). The van der Waals surface area contributed by atoms with E-state index in [9.17, 15) is 23.5 Å². The lowest BCUT2D eigenvalue weighted by molar-refractivity contribution is -0.132. The van der Waals surface area contributed by atoms with Crippen LogP contribution in [0, 0.1) is 11.8 Å². The Bertz CT molecular complexity index is 1060. The van der Waals surface area contributed by atoms with Crippen LogP contribution in [0.4, 0.5) is 13.2 Å². The highest BCUT2D eigenvalue weighted by molar-refractivity contribution is 5.70. The van der Waals surface area contributed by atoms with Gasteiger partial charge in [-0.1, -0.05) is 6.92 Å². The summed E-state index contributed by atoms with van der Waals surface area (Å²) in [4.78, 5) is 29.0. The van der Waals surface area contributed by atoms with E-state index >= 15 is 4.39 Å². The Kier molecular flexibility index (Phi) is 4.68. The standard InChI is InChI=1S/C21H27F3N4O3/c1-9-16-13(19(30)26-20(31)28(16)11-4-5-11)15(25)14(22)17(9)27-7-10-3-2-6-21(23,24)18(29)12(10)8-27/h9-12,17-18,29H,2-8,25H2,1H3,(H,26,30,31). The van der Waals surface area contributed by atoms with Crippen LogP contribution in [-0.2, 0) is 0 Å². The van der Waals surface area contributed by atoms with Crippen molar-refractivity contribution in [1.82, 2.24) is 14.5 Å². The minimum absolute atomic E-state index is 0.00673. The highest BCUT2D eigenvalue weighted by atomic mass is 19.3. The van der Waals surface area contributed by atoms with Crippen molar-refractivity contribution in [2.45, 2.75) is 69.1 Å². The molecule has 170 valence electrons. The van der Waals surface area contributed by atoms with E-state index in [1.165, 1.54) is 4.57 Å². The van der Waals surface area contributed by atoms with Crippen LogP contribution in [0.5, 0.6) is 0 Å². The molecule has 0 aromatic carbocycles. The Labute approximate surface area is 176 Å². The summed E-state index contributed by atoms with van der Waals surface area (Å²) in [5.74, 6) is -5.24. The molecule has 10 heteroatoms. The fourth-order valence-corrected chi connectivity index (χ4v) is 5.98. The molecular weight excluding hydrogens is 413 g/mol. The van der Waals surface area contributed by atoms with E-state index in [0.717, 1.165) is 12.8 Å². The van der Waals surface area contributed by atoms with E-state index in [1.54, 1.807) is 11.8 Å². The lowest BCUT2D eigenvalue weighted by Crippen LogP contribution is -2.47. The van der Waals surface area contributed by atoms with Crippen LogP contribution in [0.1, 0.15) is 62.2 Å². The number of hydrogen-bond acceptors (Lipinski definition) is 5. The predicted octanol–water partition coefficient (Wildman–Crippen LogP) is 1.68. The Morgan fingerprint density at radius 1 is 1.19 bits per heavy atom. The van der Waals surface area contributed by atoms with E-state index in [0.29, 0.717) is 25.1 Å². The zero-order valence-electron chi connectivity index (χ0n) is 17.3. The average molecular weight is 440 g/mol. The lowest BCUT2D eigenvalue weighted by atomic mass is 9.85. The molecule has 4 N–H and O–H groups in total. The second-order valence-electron chi connectivity index (χ2n) is 9.59. The van der Waals surface area contributed by atoms with Crippen molar-refractivity contribution < 1.29 is 18.3 Å². The van der Waals surface area contributed by atoms with Crippen molar-refractivity contribution in [2.75, 3.05) is 13.1 Å². The van der Waals surface area contributed by atoms with Crippen molar-refractivity contribution in [3.63, 3.8) is 0 Å². The number of rotatable bonds is 2. The van der Waals surface area contributed by atoms with Crippen LogP contribution in [-0.4, -0.2) is 50.7 Å². The van der Waals surface area contributed by atoms with Gasteiger partial charge in [0.2, 0.25) is 0 Å². The molecule has 0 bridgehead atoms. The number of aliphatic hydroxyl groups excluding tert-OH is 1. The molecule has 1 aliphatic heterocycles. The number of nitrogens with one attached hydrogen (secondary N) is 1. The molecule has 7 nitrogen and oxygen atoms in total. The summed E-state index contributed by atoms with van der Waals surface area (Å²) < 4.78 is 45.6. The number of aliphatic hydroxyl groups is 1. The number of likely N-dealkylation sites (tertiary alicyclic amines) is 1. The second kappa shape index (κ2) is 6.96. The molecule has 0 amide bonds. The van der Waals surface area contributed by atoms with Gasteiger partial charge >= 0.3 is 5.69 Å². The van der Waals surface area contributed by atoms with Gasteiger partial charge in [-0.25, -0.2) is 18.0 Å². The summed E-state index contributed by atoms with van der Waals surface area (Å²) in [5, 5.41) is 10.3. The zero-order valence-corrected chi connectivity index (χ0v) is 17.3. The van der Waals surface area contributed by atoms with Gasteiger partial charge in [-0.2, -0.15) is 0 Å². The Hall–Kier alpha value is -2.07. The Morgan fingerprint density at radius 3 is 2.58 bits per heavy atom. The van der Waals surface area contributed by atoms with Crippen molar-refractivity contribution in [3.05, 3.63) is 37.9 Å². The molecule has 5 atom stereocenters. The first-order valence-corrected chi connectivity index (χ1v) is 11.0. The van der Waals surface area contributed by atoms with Crippen LogP contribution in [0.15, 0.2) is 15.4 Å². The number of hydrogen-bond donors (Lipinski definition) is 3. The normalized spacial score (nSPS) is 35.6. The van der Waals surface area contributed by atoms with E-state index in [-0.39, 0.29) is 36.2 Å². The molecule has 5 unspecified atom stereocenters. The third-order valence-electron chi connectivity index (χ3n) is 7.62. The van der Waals surface area contributed by atoms with E-state index in [2.05, 4.69) is 4.98 Å². The number of fused-ring (bicyclic) bond motifs is 2. The number of aromatic nitrogens is 2. The molecule has 31 heavy (non-hydrogen) atoms. The van der Waals surface area contributed by atoms with Crippen molar-refractivity contribution in [1.29, 1.82) is 0 Å². The topological polar surface area (TPSA) is 104 Å². The SMILES string of the molecule is CC1c2c(c(=O)[nH]c(=O)n2C2CC2)C(N)=C(F)C1N1CC2CCCC(F)(F)C(O)C2C1. The number of nitrogens with zero attached hydrogens (tertiary/aromatic N) is 2. The smallest absolute Gasteiger partial charge is 0.328 e. The first-order valence-electron chi connectivity index (χ1n) is 11.0. The maximum Gasteiger partial charge on any atom is 0.328 e. The van der Waals surface area contributed by atoms with Crippen molar-refractivity contribution in [3.8, 4) is 0 Å². The van der Waals surface area contributed by atoms with Crippen molar-refractivity contribution >= 4 is 5.70 Å². The first kappa shape index (κ1) is 20.8. The van der Waals surface area contributed by atoms with E-state index in [1.807, 2.05) is 0 Å². The van der Waals surface area contributed by atoms with Gasteiger partial charge in [0, 0.05) is 43.1 Å². The van der Waals surface area contributed by atoms with E-state index < -0.39 is 47.0 Å². The zero-order chi connectivity index (χ0) is 22.2. The largest absolute Gasteiger partial charge is 0.396 e. The van der Waals surface area contributed by atoms with Crippen LogP contribution in [0.25, 0.3) is 5.70 Å². The van der Waals surface area contributed by atoms with Gasteiger partial charge in [-0.3, -0.25) is 19.2 Å². The van der Waals surface area contributed by atoms with Gasteiger partial charge < -0.3 is 10.8 Å². The van der Waals surface area contributed by atoms with Gasteiger partial charge in [0.05, 0.1) is 17.3 Å². The maximum absolute atomic E-state index is 15.5. The Morgan fingerprint density at radius 2 is 1.90 bits per heavy atom. The minimum Gasteiger partial charge on any atom is -0.396 e. The fourth-order valence-electron chi connectivity index (χ4n) is 5.98. The average Bonchev–Trinajstić information content (AvgIpc) is 3.46. The third kappa shape index (κ3) is 3.09. The van der Waals surface area contributed by atoms with Crippen LogP contribution in [0.3, 0.4) is 0 Å². The molecule has 3 fully saturated rings. The molecule has 2 saturated carbocycles. The van der Waals surface area contributed by atoms with Gasteiger partial charge in [-0.15, -0.1) is 0 Å². The molecule has 1 saturated heterocycles. The highest BCUT2D eigenvalue weighted by Crippen LogP contribution is 2.47. The van der Waals surface area contributed by atoms with E-state index in [4.69, 9.17) is 5.73 Å². The van der Waals surface area contributed by atoms with Gasteiger partial charge in [0.25, 0.3) is 11.5 Å². The fraction of sp³-hybridized carbons (Fsp3) is 0.714. The minimum atomic E-state index is -3.16. The van der Waals surface area contributed by atoms with Crippen LogP contribution in [0.2, 0.25) is 0 Å². The number of nitrogens with two attached hydrogens (primary N) is 1. The van der Waals surface area contributed by atoms with Crippen LogP contribution < -0.4 is 17.0 Å².